The summed E-state index contributed by atoms with van der Waals surface area (Å²) < 4.78 is 8.92. The largest absolute Gasteiger partial charge is 0.456 e. The van der Waals surface area contributed by atoms with Gasteiger partial charge >= 0.3 is 0 Å². The van der Waals surface area contributed by atoms with Gasteiger partial charge in [-0.1, -0.05) is 193 Å². The third kappa shape index (κ3) is 6.92. The number of aromatic nitrogens is 1. The van der Waals surface area contributed by atoms with Crippen molar-refractivity contribution in [2.24, 2.45) is 0 Å². The first kappa shape index (κ1) is 42.2. The van der Waals surface area contributed by atoms with Gasteiger partial charge in [0.2, 0.25) is 0 Å². The predicted molar refractivity (Wildman–Crippen MR) is 298 cm³/mol. The number of hydrogen-bond donors (Lipinski definition) is 0. The Labute approximate surface area is 411 Å². The molecule has 2 unspecified atom stereocenters. The Bertz CT molecular complexity index is 3750. The molecule has 0 amide bonds. The second-order valence-electron chi connectivity index (χ2n) is 19.3. The van der Waals surface area contributed by atoms with E-state index in [1.54, 1.807) is 10.4 Å². The maximum Gasteiger partial charge on any atom is 0.171 e. The molecule has 5 aliphatic rings. The van der Waals surface area contributed by atoms with Crippen LogP contribution in [0, 0.1) is 0 Å². The van der Waals surface area contributed by atoms with Crippen molar-refractivity contribution in [3.63, 3.8) is 0 Å². The van der Waals surface area contributed by atoms with Crippen LogP contribution in [0.5, 0.6) is 0 Å². The second-order valence-corrected chi connectivity index (χ2v) is 23.3. The van der Waals surface area contributed by atoms with Crippen LogP contribution in [0.4, 0.5) is 5.69 Å². The molecule has 0 fully saturated rings. The van der Waals surface area contributed by atoms with Gasteiger partial charge in [-0.2, -0.15) is 0 Å². The molecule has 6 aromatic carbocycles. The van der Waals surface area contributed by atoms with Gasteiger partial charge in [-0.25, -0.2) is 0 Å². The van der Waals surface area contributed by atoms with Crippen molar-refractivity contribution in [3.8, 4) is 0 Å². The monoisotopic (exact) mass is 918 g/mol. The number of nitrogens with zero attached hydrogens (tertiary/aromatic N) is 2. The molecule has 0 saturated carbocycles. The summed E-state index contributed by atoms with van der Waals surface area (Å²) in [6, 6.07) is 54.5. The summed E-state index contributed by atoms with van der Waals surface area (Å²) in [5.74, 6) is 0.242. The quantitative estimate of drug-likeness (QED) is 0.0952. The number of furan rings is 1. The van der Waals surface area contributed by atoms with Crippen LogP contribution in [0.1, 0.15) is 67.2 Å². The van der Waals surface area contributed by atoms with Crippen molar-refractivity contribution in [2.75, 3.05) is 4.90 Å². The molecule has 1 aliphatic heterocycles. The highest BCUT2D eigenvalue weighted by atomic mass is 28.3. The van der Waals surface area contributed by atoms with Gasteiger partial charge < -0.3 is 13.9 Å². The molecule has 0 spiro atoms. The highest BCUT2D eigenvalue weighted by Gasteiger charge is 2.44. The molecule has 4 heteroatoms. The van der Waals surface area contributed by atoms with Crippen molar-refractivity contribution >= 4 is 80.2 Å². The van der Waals surface area contributed by atoms with Gasteiger partial charge in [0, 0.05) is 56.0 Å². The molecule has 8 aromatic rings. The minimum absolute atomic E-state index is 0.242. The first-order chi connectivity index (χ1) is 34.7. The fourth-order valence-electron chi connectivity index (χ4n) is 12.4. The number of allylic oxidation sites excluding steroid dienone is 16. The Morgan fingerprint density at radius 3 is 2.23 bits per heavy atom. The van der Waals surface area contributed by atoms with Crippen LogP contribution in [0.25, 0.3) is 56.1 Å². The van der Waals surface area contributed by atoms with Crippen molar-refractivity contribution in [1.82, 2.24) is 4.57 Å². The fourth-order valence-corrected chi connectivity index (χ4v) is 17.7. The van der Waals surface area contributed by atoms with Crippen molar-refractivity contribution in [2.45, 2.75) is 50.5 Å². The Balaban J connectivity index is 0.889. The summed E-state index contributed by atoms with van der Waals surface area (Å²) in [5, 5.41) is 11.1. The van der Waals surface area contributed by atoms with Crippen LogP contribution in [0.15, 0.2) is 246 Å². The molecular weight excluding hydrogens is 865 g/mol. The van der Waals surface area contributed by atoms with Crippen molar-refractivity contribution < 1.29 is 4.42 Å². The first-order valence-electron chi connectivity index (χ1n) is 25.1. The Kier molecular flexibility index (Phi) is 10.6. The molecule has 338 valence electrons. The van der Waals surface area contributed by atoms with Gasteiger partial charge in [0.05, 0.1) is 11.6 Å². The molecule has 3 nitrogen and oxygen atoms in total. The zero-order valence-corrected chi connectivity index (χ0v) is 40.3. The van der Waals surface area contributed by atoms with Crippen molar-refractivity contribution in [1.29, 1.82) is 0 Å². The normalized spacial score (nSPS) is 18.5. The van der Waals surface area contributed by atoms with Crippen LogP contribution in [-0.2, 0) is 0 Å². The zero-order valence-electron chi connectivity index (χ0n) is 39.3. The number of rotatable bonds is 11. The molecule has 0 saturated heterocycles. The lowest BCUT2D eigenvalue weighted by atomic mass is 9.92. The van der Waals surface area contributed by atoms with E-state index in [4.69, 9.17) is 4.42 Å². The molecule has 2 aromatic heterocycles. The fraction of sp³-hybridized carbons (Fsp3) is 0.121. The van der Waals surface area contributed by atoms with Gasteiger partial charge in [0.1, 0.15) is 11.0 Å². The Morgan fingerprint density at radius 2 is 1.46 bits per heavy atom. The summed E-state index contributed by atoms with van der Waals surface area (Å²) in [5.41, 5.74) is 13.3. The lowest BCUT2D eigenvalue weighted by molar-refractivity contribution is 0.569. The maximum atomic E-state index is 6.34. The number of hydrogen-bond acceptors (Lipinski definition) is 2. The van der Waals surface area contributed by atoms with E-state index >= 15 is 0 Å². The van der Waals surface area contributed by atoms with Gasteiger partial charge in [-0.3, -0.25) is 0 Å². The molecule has 0 bridgehead atoms. The SMILES string of the molecule is C=CC(=CC=CN(C1=CC=C([Si](C2=CC=CCC2)(c2ccccc2)c2ccccc2)CC1)c1ccc(C2C=c3oc4ccccc4c3=CC2)cc1)c1ccc2c(c1)c1cccc3c1n2C1CC=CC=C31. The first-order valence-corrected chi connectivity index (χ1v) is 27.1. The molecule has 13 rings (SSSR count). The molecule has 2 atom stereocenters. The third-order valence-corrected chi connectivity index (χ3v) is 20.8. The molecule has 4 aliphatic carbocycles. The summed E-state index contributed by atoms with van der Waals surface area (Å²) in [6.45, 7) is 4.34. The number of benzene rings is 6. The zero-order chi connectivity index (χ0) is 46.6. The number of para-hydroxylation sites is 2. The van der Waals surface area contributed by atoms with Gasteiger partial charge in [0.25, 0.3) is 0 Å². The van der Waals surface area contributed by atoms with E-state index in [-0.39, 0.29) is 5.92 Å². The highest BCUT2D eigenvalue weighted by Crippen LogP contribution is 2.49. The Hall–Kier alpha value is -7.92. The molecular formula is C66H54N2OSi. The predicted octanol–water partition coefficient (Wildman–Crippen LogP) is 14.0. The highest BCUT2D eigenvalue weighted by molar-refractivity contribution is 7.12. The lowest BCUT2D eigenvalue weighted by Gasteiger charge is -2.40. The van der Waals surface area contributed by atoms with Gasteiger partial charge in [-0.15, -0.1) is 0 Å². The van der Waals surface area contributed by atoms with Gasteiger partial charge in [-0.05, 0) is 120 Å². The van der Waals surface area contributed by atoms with Crippen molar-refractivity contribution in [3.05, 3.63) is 269 Å². The maximum absolute atomic E-state index is 6.34. The topological polar surface area (TPSA) is 21.3 Å². The number of fused-ring (bicyclic) bond motifs is 9. The second kappa shape index (κ2) is 17.5. The summed E-state index contributed by atoms with van der Waals surface area (Å²) >= 11 is 0. The van der Waals surface area contributed by atoms with Crippen LogP contribution < -0.4 is 25.9 Å². The summed E-state index contributed by atoms with van der Waals surface area (Å²) in [4.78, 5) is 2.41. The van der Waals surface area contributed by atoms with Crippen LogP contribution in [0.2, 0.25) is 0 Å². The van der Waals surface area contributed by atoms with Crippen LogP contribution in [-0.4, -0.2) is 12.6 Å². The Morgan fingerprint density at radius 1 is 0.686 bits per heavy atom. The van der Waals surface area contributed by atoms with E-state index in [1.807, 2.05) is 12.1 Å². The van der Waals surface area contributed by atoms with Crippen LogP contribution >= 0.6 is 0 Å². The standard InChI is InChI=1S/C66H54N2OSi/c1-2-46(48-34-42-63-61(44-48)60-28-16-27-59-56-25-12-14-29-62(56)68(63)66(59)60)18-17-43-67(50-35-31-47(32-36-50)49-33-41-58-57-26-13-15-30-64(57)69-65(58)45-49)51-37-39-55(40-38-51)70(52-19-6-3-7-20-52,53-21-8-4-9-22-53)54-23-10-5-11-24-54/h2-10,12-23,25-28,30-32,34-37,39,41-45,49,62H,1,11,24,29,33,38,40H2. The molecule has 3 heterocycles. The summed E-state index contributed by atoms with van der Waals surface area (Å²) in [6.07, 6.45) is 38.2. The third-order valence-electron chi connectivity index (χ3n) is 15.7. The smallest absolute Gasteiger partial charge is 0.171 e. The molecule has 0 radical (unpaired) electrons. The van der Waals surface area contributed by atoms with E-state index in [0.717, 1.165) is 60.8 Å². The molecule has 0 N–H and O–H groups in total. The van der Waals surface area contributed by atoms with E-state index in [1.165, 1.54) is 70.7 Å². The molecule has 70 heavy (non-hydrogen) atoms. The van der Waals surface area contributed by atoms with E-state index in [0.29, 0.717) is 6.04 Å². The van der Waals surface area contributed by atoms with E-state index < -0.39 is 8.07 Å². The van der Waals surface area contributed by atoms with Gasteiger partial charge in [0.15, 0.2) is 8.07 Å². The minimum atomic E-state index is -2.53. The average molecular weight is 919 g/mol. The van der Waals surface area contributed by atoms with E-state index in [9.17, 15) is 0 Å². The summed E-state index contributed by atoms with van der Waals surface area (Å²) in [7, 11) is -2.53. The number of anilines is 1. The lowest BCUT2D eigenvalue weighted by Crippen LogP contribution is -2.62. The van der Waals surface area contributed by atoms with E-state index in [2.05, 4.69) is 235 Å². The average Bonchev–Trinajstić information content (AvgIpc) is 4.09. The minimum Gasteiger partial charge on any atom is -0.456 e. The van der Waals surface area contributed by atoms with Crippen LogP contribution in [0.3, 0.4) is 0 Å².